The van der Waals surface area contributed by atoms with Crippen LogP contribution in [0.25, 0.3) is 0 Å². The monoisotopic (exact) mass is 204 g/mol. The van der Waals surface area contributed by atoms with Crippen molar-refractivity contribution < 1.29 is 5.11 Å². The van der Waals surface area contributed by atoms with Crippen molar-refractivity contribution in [3.63, 3.8) is 0 Å². The zero-order valence-corrected chi connectivity index (χ0v) is 9.50. The predicted octanol–water partition coefficient (Wildman–Crippen LogP) is 4.14. The van der Waals surface area contributed by atoms with Crippen molar-refractivity contribution in [1.29, 1.82) is 0 Å². The summed E-state index contributed by atoms with van der Waals surface area (Å²) in [7, 11) is 0. The summed E-state index contributed by atoms with van der Waals surface area (Å²) in [4.78, 5) is 0. The maximum Gasteiger partial charge on any atom is 0.119 e. The van der Waals surface area contributed by atoms with Crippen LogP contribution in [-0.4, -0.2) is 5.11 Å². The molecule has 0 heterocycles. The summed E-state index contributed by atoms with van der Waals surface area (Å²) in [6.07, 6.45) is 7.86. The topological polar surface area (TPSA) is 20.2 Å². The quantitative estimate of drug-likeness (QED) is 0.682. The third-order valence-electron chi connectivity index (χ3n) is 3.56. The lowest BCUT2D eigenvalue weighted by Gasteiger charge is -2.18. The molecule has 0 unspecified atom stereocenters. The van der Waals surface area contributed by atoms with Crippen LogP contribution in [0.2, 0.25) is 0 Å². The van der Waals surface area contributed by atoms with E-state index in [4.69, 9.17) is 0 Å². The lowest BCUT2D eigenvalue weighted by Crippen LogP contribution is -2.00. The predicted molar refractivity (Wildman–Crippen MR) is 63.3 cm³/mol. The highest BCUT2D eigenvalue weighted by molar-refractivity contribution is 5.41. The summed E-state index contributed by atoms with van der Waals surface area (Å²) < 4.78 is 0. The van der Waals surface area contributed by atoms with Crippen LogP contribution in [0.4, 0.5) is 0 Å². The normalized spacial score (nSPS) is 18.7. The first kappa shape index (κ1) is 10.5. The van der Waals surface area contributed by atoms with Crippen LogP contribution in [0.3, 0.4) is 0 Å². The Bertz CT molecular complexity index is 302. The Balaban J connectivity index is 2.26. The Morgan fingerprint density at radius 2 is 1.73 bits per heavy atom. The van der Waals surface area contributed by atoms with Gasteiger partial charge in [0.05, 0.1) is 0 Å². The summed E-state index contributed by atoms with van der Waals surface area (Å²) in [5.41, 5.74) is 2.46. The second-order valence-electron chi connectivity index (χ2n) is 4.70. The zero-order chi connectivity index (χ0) is 10.7. The molecule has 15 heavy (non-hydrogen) atoms. The highest BCUT2D eigenvalue weighted by Gasteiger charge is 2.18. The Morgan fingerprint density at radius 1 is 1.07 bits per heavy atom. The third-order valence-corrected chi connectivity index (χ3v) is 3.56. The van der Waals surface area contributed by atoms with Gasteiger partial charge < -0.3 is 5.11 Å². The average Bonchev–Trinajstić information content (AvgIpc) is 2.46. The van der Waals surface area contributed by atoms with Gasteiger partial charge in [-0.05, 0) is 42.9 Å². The molecule has 0 bridgehead atoms. The van der Waals surface area contributed by atoms with Gasteiger partial charge >= 0.3 is 0 Å². The molecule has 2 rings (SSSR count). The smallest absolute Gasteiger partial charge is 0.119 e. The number of hydrogen-bond acceptors (Lipinski definition) is 1. The number of rotatable bonds is 1. The molecule has 0 amide bonds. The first-order valence-corrected chi connectivity index (χ1v) is 6.07. The fourth-order valence-electron chi connectivity index (χ4n) is 2.76. The van der Waals surface area contributed by atoms with E-state index in [9.17, 15) is 5.11 Å². The molecule has 1 aliphatic rings. The van der Waals surface area contributed by atoms with E-state index in [1.807, 2.05) is 12.1 Å². The maximum absolute atomic E-state index is 9.94. The molecule has 1 fully saturated rings. The lowest BCUT2D eigenvalue weighted by molar-refractivity contribution is 0.452. The van der Waals surface area contributed by atoms with E-state index >= 15 is 0 Å². The molecule has 1 saturated carbocycles. The first-order chi connectivity index (χ1) is 7.29. The van der Waals surface area contributed by atoms with Gasteiger partial charge in [-0.2, -0.15) is 0 Å². The molecule has 1 aromatic rings. The summed E-state index contributed by atoms with van der Waals surface area (Å²) in [6, 6.07) is 5.87. The number of hydrogen-bond donors (Lipinski definition) is 1. The molecule has 82 valence electrons. The van der Waals surface area contributed by atoms with E-state index in [1.165, 1.54) is 49.7 Å². The number of phenols is 1. The molecular formula is C14H20O. The molecule has 1 N–H and O–H groups in total. The summed E-state index contributed by atoms with van der Waals surface area (Å²) in [5.74, 6) is 1.09. The molecule has 1 aliphatic carbocycles. The molecule has 0 atom stereocenters. The van der Waals surface area contributed by atoms with Gasteiger partial charge in [-0.3, -0.25) is 0 Å². The fourth-order valence-corrected chi connectivity index (χ4v) is 2.76. The minimum absolute atomic E-state index is 0.502. The van der Waals surface area contributed by atoms with Gasteiger partial charge in [0.2, 0.25) is 0 Å². The lowest BCUT2D eigenvalue weighted by atomic mass is 9.88. The van der Waals surface area contributed by atoms with Crippen LogP contribution in [-0.2, 0) is 0 Å². The molecule has 1 heteroatoms. The minimum Gasteiger partial charge on any atom is -0.508 e. The number of phenolic OH excluding ortho intramolecular Hbond substituents is 1. The van der Waals surface area contributed by atoms with Crippen LogP contribution in [0, 0.1) is 6.92 Å². The first-order valence-electron chi connectivity index (χ1n) is 6.07. The van der Waals surface area contributed by atoms with Crippen LogP contribution < -0.4 is 0 Å². The maximum atomic E-state index is 9.94. The van der Waals surface area contributed by atoms with Gasteiger partial charge in [0, 0.05) is 0 Å². The van der Waals surface area contributed by atoms with E-state index in [0.717, 1.165) is 0 Å². The number of aryl methyl sites for hydroxylation is 1. The van der Waals surface area contributed by atoms with Crippen LogP contribution in [0.1, 0.15) is 55.6 Å². The zero-order valence-electron chi connectivity index (χ0n) is 9.50. The highest BCUT2D eigenvalue weighted by Crippen LogP contribution is 2.37. The van der Waals surface area contributed by atoms with Gasteiger partial charge in [0.15, 0.2) is 0 Å². The third kappa shape index (κ3) is 2.34. The van der Waals surface area contributed by atoms with Crippen molar-refractivity contribution in [3.8, 4) is 5.75 Å². The Labute approximate surface area is 92.1 Å². The molecule has 1 aromatic carbocycles. The Hall–Kier alpha value is -0.980. The van der Waals surface area contributed by atoms with Crippen molar-refractivity contribution in [2.45, 2.75) is 51.4 Å². The molecule has 0 radical (unpaired) electrons. The summed E-state index contributed by atoms with van der Waals surface area (Å²) in [6.45, 7) is 2.11. The van der Waals surface area contributed by atoms with Crippen LogP contribution >= 0.6 is 0 Å². The molecule has 0 spiro atoms. The minimum atomic E-state index is 0.502. The van der Waals surface area contributed by atoms with E-state index in [2.05, 4.69) is 13.0 Å². The number of benzene rings is 1. The van der Waals surface area contributed by atoms with Crippen molar-refractivity contribution in [1.82, 2.24) is 0 Å². The summed E-state index contributed by atoms with van der Waals surface area (Å²) >= 11 is 0. The second-order valence-corrected chi connectivity index (χ2v) is 4.70. The summed E-state index contributed by atoms with van der Waals surface area (Å²) in [5, 5.41) is 9.94. The molecular weight excluding hydrogens is 184 g/mol. The highest BCUT2D eigenvalue weighted by atomic mass is 16.3. The van der Waals surface area contributed by atoms with E-state index < -0.39 is 0 Å². The van der Waals surface area contributed by atoms with Crippen LogP contribution in [0.5, 0.6) is 5.75 Å². The SMILES string of the molecule is Cc1cccc(O)c1C1CCCCCC1. The molecule has 1 nitrogen and oxygen atoms in total. The van der Waals surface area contributed by atoms with E-state index in [1.54, 1.807) is 0 Å². The molecule has 0 aromatic heterocycles. The van der Waals surface area contributed by atoms with Crippen molar-refractivity contribution >= 4 is 0 Å². The van der Waals surface area contributed by atoms with Crippen molar-refractivity contribution in [3.05, 3.63) is 29.3 Å². The van der Waals surface area contributed by atoms with Gasteiger partial charge in [-0.25, -0.2) is 0 Å². The number of aromatic hydroxyl groups is 1. The fraction of sp³-hybridized carbons (Fsp3) is 0.571. The van der Waals surface area contributed by atoms with E-state index in [-0.39, 0.29) is 0 Å². The second kappa shape index (κ2) is 4.69. The molecule has 0 saturated heterocycles. The van der Waals surface area contributed by atoms with E-state index in [0.29, 0.717) is 11.7 Å². The Morgan fingerprint density at radius 3 is 2.33 bits per heavy atom. The van der Waals surface area contributed by atoms with Gasteiger partial charge in [-0.15, -0.1) is 0 Å². The Kier molecular flexibility index (Phi) is 3.30. The van der Waals surface area contributed by atoms with Gasteiger partial charge in [-0.1, -0.05) is 37.8 Å². The van der Waals surface area contributed by atoms with Gasteiger partial charge in [0.25, 0.3) is 0 Å². The van der Waals surface area contributed by atoms with Crippen molar-refractivity contribution in [2.75, 3.05) is 0 Å². The van der Waals surface area contributed by atoms with Gasteiger partial charge in [0.1, 0.15) is 5.75 Å². The van der Waals surface area contributed by atoms with Crippen LogP contribution in [0.15, 0.2) is 18.2 Å². The average molecular weight is 204 g/mol. The largest absolute Gasteiger partial charge is 0.508 e. The molecule has 0 aliphatic heterocycles. The standard InChI is InChI=1S/C14H20O/c1-11-7-6-10-13(15)14(11)12-8-4-2-3-5-9-12/h6-7,10,12,15H,2-5,8-9H2,1H3. The van der Waals surface area contributed by atoms with Crippen molar-refractivity contribution in [2.24, 2.45) is 0 Å².